The minimum atomic E-state index is -1.34. The molecule has 6 nitrogen and oxygen atoms in total. The lowest BCUT2D eigenvalue weighted by Crippen LogP contribution is -2.35. The maximum absolute atomic E-state index is 12.4. The van der Waals surface area contributed by atoms with Gasteiger partial charge in [-0.05, 0) is 45.2 Å². The SMILES string of the molecule is CC(C)(C)OC(=O)N1CC[C@H](C[S@@](=O)c2ncccc2C#N)C1. The van der Waals surface area contributed by atoms with Crippen LogP contribution in [0.1, 0.15) is 32.8 Å². The second-order valence-electron chi connectivity index (χ2n) is 6.56. The van der Waals surface area contributed by atoms with Gasteiger partial charge >= 0.3 is 6.09 Å². The van der Waals surface area contributed by atoms with Crippen LogP contribution in [-0.2, 0) is 15.5 Å². The molecule has 0 bridgehead atoms. The molecule has 1 aliphatic rings. The van der Waals surface area contributed by atoms with Crippen molar-refractivity contribution in [3.63, 3.8) is 0 Å². The number of carbonyl (C=O) groups excluding carboxylic acids is 1. The Morgan fingerprint density at radius 1 is 1.57 bits per heavy atom. The van der Waals surface area contributed by atoms with E-state index >= 15 is 0 Å². The van der Waals surface area contributed by atoms with Crippen molar-refractivity contribution < 1.29 is 13.7 Å². The normalized spacial score (nSPS) is 19.2. The van der Waals surface area contributed by atoms with Crippen molar-refractivity contribution in [3.05, 3.63) is 23.9 Å². The Hall–Kier alpha value is -1.94. The smallest absolute Gasteiger partial charge is 0.410 e. The second-order valence-corrected chi connectivity index (χ2v) is 7.97. The summed E-state index contributed by atoms with van der Waals surface area (Å²) < 4.78 is 17.8. The minimum absolute atomic E-state index is 0.122. The molecule has 7 heteroatoms. The van der Waals surface area contributed by atoms with Crippen LogP contribution in [0.25, 0.3) is 0 Å². The van der Waals surface area contributed by atoms with E-state index in [4.69, 9.17) is 10.00 Å². The number of rotatable bonds is 3. The van der Waals surface area contributed by atoms with Crippen LogP contribution in [0, 0.1) is 17.2 Å². The summed E-state index contributed by atoms with van der Waals surface area (Å²) >= 11 is 0. The average molecular weight is 335 g/mol. The molecule has 0 radical (unpaired) electrons. The van der Waals surface area contributed by atoms with E-state index in [1.165, 1.54) is 6.20 Å². The van der Waals surface area contributed by atoms with Crippen LogP contribution in [0.4, 0.5) is 4.79 Å². The Morgan fingerprint density at radius 3 is 2.96 bits per heavy atom. The van der Waals surface area contributed by atoms with Gasteiger partial charge in [0.1, 0.15) is 16.7 Å². The molecule has 124 valence electrons. The molecule has 1 aromatic rings. The lowest BCUT2D eigenvalue weighted by Gasteiger charge is -2.24. The summed E-state index contributed by atoms with van der Waals surface area (Å²) in [6, 6.07) is 5.28. The molecule has 0 aliphatic carbocycles. The number of nitrogens with zero attached hydrogens (tertiary/aromatic N) is 3. The van der Waals surface area contributed by atoms with Crippen LogP contribution in [-0.4, -0.2) is 44.6 Å². The van der Waals surface area contributed by atoms with Crippen molar-refractivity contribution in [2.24, 2.45) is 5.92 Å². The molecule has 1 amide bonds. The number of carbonyl (C=O) groups is 1. The van der Waals surface area contributed by atoms with Crippen LogP contribution in [0.15, 0.2) is 23.4 Å². The van der Waals surface area contributed by atoms with Gasteiger partial charge in [-0.15, -0.1) is 0 Å². The summed E-state index contributed by atoms with van der Waals surface area (Å²) in [5, 5.41) is 9.38. The van der Waals surface area contributed by atoms with Gasteiger partial charge in [-0.3, -0.25) is 4.21 Å². The predicted octanol–water partition coefficient (Wildman–Crippen LogP) is 2.32. The molecule has 23 heavy (non-hydrogen) atoms. The molecule has 0 N–H and O–H groups in total. The number of ether oxygens (including phenoxy) is 1. The molecule has 0 aromatic carbocycles. The summed E-state index contributed by atoms with van der Waals surface area (Å²) in [6.07, 6.45) is 1.98. The van der Waals surface area contributed by atoms with Crippen molar-refractivity contribution in [2.45, 2.75) is 37.8 Å². The number of likely N-dealkylation sites (tertiary alicyclic amines) is 1. The number of hydrogen-bond donors (Lipinski definition) is 0. The molecule has 2 heterocycles. The van der Waals surface area contributed by atoms with Crippen LogP contribution >= 0.6 is 0 Å². The third-order valence-corrected chi connectivity index (χ3v) is 4.96. The van der Waals surface area contributed by atoms with Crippen LogP contribution in [0.5, 0.6) is 0 Å². The molecule has 2 rings (SSSR count). The van der Waals surface area contributed by atoms with E-state index in [2.05, 4.69) is 4.98 Å². The Bertz CT molecular complexity index is 649. The summed E-state index contributed by atoms with van der Waals surface area (Å²) in [5.41, 5.74) is -0.180. The zero-order valence-electron chi connectivity index (χ0n) is 13.6. The number of amides is 1. The molecular formula is C16H21N3O3S. The topological polar surface area (TPSA) is 83.3 Å². The van der Waals surface area contributed by atoms with Gasteiger partial charge in [-0.25, -0.2) is 9.78 Å². The number of aromatic nitrogens is 1. The molecule has 1 saturated heterocycles. The van der Waals surface area contributed by atoms with Gasteiger partial charge in [0.2, 0.25) is 0 Å². The lowest BCUT2D eigenvalue weighted by atomic mass is 10.2. The minimum Gasteiger partial charge on any atom is -0.444 e. The summed E-state index contributed by atoms with van der Waals surface area (Å²) in [6.45, 7) is 6.62. The van der Waals surface area contributed by atoms with E-state index in [0.717, 1.165) is 6.42 Å². The highest BCUT2D eigenvalue weighted by Gasteiger charge is 2.31. The van der Waals surface area contributed by atoms with E-state index in [9.17, 15) is 9.00 Å². The first kappa shape index (κ1) is 17.4. The summed E-state index contributed by atoms with van der Waals surface area (Å²) in [4.78, 5) is 17.8. The van der Waals surface area contributed by atoms with Crippen LogP contribution < -0.4 is 0 Å². The molecule has 1 fully saturated rings. The maximum atomic E-state index is 12.4. The zero-order chi connectivity index (χ0) is 17.0. The van der Waals surface area contributed by atoms with E-state index in [-0.39, 0.29) is 12.0 Å². The van der Waals surface area contributed by atoms with Gasteiger partial charge in [-0.2, -0.15) is 5.26 Å². The second kappa shape index (κ2) is 7.09. The zero-order valence-corrected chi connectivity index (χ0v) is 14.4. The third kappa shape index (κ3) is 4.76. The summed E-state index contributed by atoms with van der Waals surface area (Å²) in [7, 11) is -1.34. The maximum Gasteiger partial charge on any atom is 0.410 e. The van der Waals surface area contributed by atoms with Gasteiger partial charge in [0.15, 0.2) is 0 Å². The predicted molar refractivity (Wildman–Crippen MR) is 86.1 cm³/mol. The van der Waals surface area contributed by atoms with Crippen molar-refractivity contribution in [1.82, 2.24) is 9.88 Å². The Balaban J connectivity index is 1.94. The Labute approximate surface area is 138 Å². The van der Waals surface area contributed by atoms with Crippen molar-refractivity contribution in [2.75, 3.05) is 18.8 Å². The van der Waals surface area contributed by atoms with E-state index in [1.54, 1.807) is 17.0 Å². The fourth-order valence-corrected chi connectivity index (χ4v) is 3.81. The highest BCUT2D eigenvalue weighted by Crippen LogP contribution is 2.22. The summed E-state index contributed by atoms with van der Waals surface area (Å²) in [5.74, 6) is 0.516. The fourth-order valence-electron chi connectivity index (χ4n) is 2.41. The van der Waals surface area contributed by atoms with Gasteiger partial charge in [-0.1, -0.05) is 0 Å². The number of hydrogen-bond acceptors (Lipinski definition) is 5. The average Bonchev–Trinajstić information content (AvgIpc) is 2.94. The molecule has 0 saturated carbocycles. The largest absolute Gasteiger partial charge is 0.444 e. The molecule has 0 unspecified atom stereocenters. The monoisotopic (exact) mass is 335 g/mol. The Kier molecular flexibility index (Phi) is 5.37. The third-order valence-electron chi connectivity index (χ3n) is 3.43. The number of pyridine rings is 1. The number of nitriles is 1. The van der Waals surface area contributed by atoms with E-state index in [0.29, 0.717) is 29.4 Å². The van der Waals surface area contributed by atoms with Crippen molar-refractivity contribution in [3.8, 4) is 6.07 Å². The van der Waals surface area contributed by atoms with Crippen molar-refractivity contribution in [1.29, 1.82) is 5.26 Å². The first-order valence-electron chi connectivity index (χ1n) is 7.51. The quantitative estimate of drug-likeness (QED) is 0.846. The van der Waals surface area contributed by atoms with Crippen molar-refractivity contribution >= 4 is 16.9 Å². The van der Waals surface area contributed by atoms with Crippen LogP contribution in [0.3, 0.4) is 0 Å². The van der Waals surface area contributed by atoms with Gasteiger partial charge in [0.05, 0.1) is 16.4 Å². The fraction of sp³-hybridized carbons (Fsp3) is 0.562. The standard InChI is InChI=1S/C16H21N3O3S/c1-16(2,3)22-15(20)19-8-6-12(10-19)11-23(21)14-13(9-17)5-4-7-18-14/h4-5,7,12H,6,8,10-11H2,1-3H3/t12-,23+/m0/s1. The highest BCUT2D eigenvalue weighted by atomic mass is 32.2. The molecule has 2 atom stereocenters. The molecule has 1 aromatic heterocycles. The first-order chi connectivity index (χ1) is 10.8. The lowest BCUT2D eigenvalue weighted by molar-refractivity contribution is 0.0289. The molecule has 0 spiro atoms. The van der Waals surface area contributed by atoms with Gasteiger partial charge < -0.3 is 9.64 Å². The van der Waals surface area contributed by atoms with E-state index < -0.39 is 16.4 Å². The van der Waals surface area contributed by atoms with Gasteiger partial charge in [0, 0.05) is 25.0 Å². The van der Waals surface area contributed by atoms with Gasteiger partial charge in [0.25, 0.3) is 0 Å². The Morgan fingerprint density at radius 2 is 2.30 bits per heavy atom. The molecular weight excluding hydrogens is 314 g/mol. The first-order valence-corrected chi connectivity index (χ1v) is 8.83. The highest BCUT2D eigenvalue weighted by molar-refractivity contribution is 7.85. The molecule has 1 aliphatic heterocycles. The van der Waals surface area contributed by atoms with Crippen LogP contribution in [0.2, 0.25) is 0 Å². The van der Waals surface area contributed by atoms with E-state index in [1.807, 2.05) is 26.8 Å².